The molecule has 0 unspecified atom stereocenters. The van der Waals surface area contributed by atoms with Crippen molar-refractivity contribution in [1.29, 1.82) is 0 Å². The highest BCUT2D eigenvalue weighted by Gasteiger charge is 2.29. The Kier molecular flexibility index (Phi) is 3.84. The molecule has 5 nitrogen and oxygen atoms in total. The number of hydrogen-bond acceptors (Lipinski definition) is 5. The SMILES string of the molecule is O=C(O)CCN(Cc1cc(-c2cccs2)on1)C1CC1. The molecule has 0 saturated heterocycles. The summed E-state index contributed by atoms with van der Waals surface area (Å²) in [7, 11) is 0. The molecule has 1 saturated carbocycles. The first kappa shape index (κ1) is 13.3. The van der Waals surface area contributed by atoms with Crippen LogP contribution >= 0.6 is 11.3 Å². The molecule has 6 heteroatoms. The molecular weight excluding hydrogens is 276 g/mol. The van der Waals surface area contributed by atoms with Gasteiger partial charge in [-0.2, -0.15) is 0 Å². The Morgan fingerprint density at radius 2 is 2.40 bits per heavy atom. The monoisotopic (exact) mass is 292 g/mol. The van der Waals surface area contributed by atoms with E-state index in [4.69, 9.17) is 9.63 Å². The summed E-state index contributed by atoms with van der Waals surface area (Å²) < 4.78 is 5.35. The Balaban J connectivity index is 1.64. The molecule has 0 aromatic carbocycles. The van der Waals surface area contributed by atoms with Gasteiger partial charge in [-0.3, -0.25) is 9.69 Å². The second-order valence-electron chi connectivity index (χ2n) is 5.01. The van der Waals surface area contributed by atoms with Crippen LogP contribution < -0.4 is 0 Å². The minimum absolute atomic E-state index is 0.173. The minimum atomic E-state index is -0.755. The Morgan fingerprint density at radius 1 is 1.55 bits per heavy atom. The number of carboxylic acids is 1. The van der Waals surface area contributed by atoms with Gasteiger partial charge in [0.1, 0.15) is 0 Å². The van der Waals surface area contributed by atoms with Gasteiger partial charge < -0.3 is 9.63 Å². The summed E-state index contributed by atoms with van der Waals surface area (Å²) in [4.78, 5) is 13.9. The number of carbonyl (C=O) groups is 1. The highest BCUT2D eigenvalue weighted by Crippen LogP contribution is 2.30. The second kappa shape index (κ2) is 5.76. The van der Waals surface area contributed by atoms with Crippen LogP contribution in [0.25, 0.3) is 10.6 Å². The molecule has 0 atom stereocenters. The number of hydrogen-bond donors (Lipinski definition) is 1. The molecule has 0 aliphatic heterocycles. The van der Waals surface area contributed by atoms with E-state index in [1.165, 1.54) is 0 Å². The van der Waals surface area contributed by atoms with Crippen molar-refractivity contribution in [2.45, 2.75) is 31.8 Å². The molecule has 0 spiro atoms. The molecular formula is C14H16N2O3S. The van der Waals surface area contributed by atoms with Gasteiger partial charge >= 0.3 is 5.97 Å². The molecule has 3 rings (SSSR count). The predicted molar refractivity (Wildman–Crippen MR) is 75.5 cm³/mol. The molecule has 0 amide bonds. The summed E-state index contributed by atoms with van der Waals surface area (Å²) in [5.74, 6) is 0.0269. The summed E-state index contributed by atoms with van der Waals surface area (Å²) in [6, 6.07) is 6.43. The molecule has 1 aliphatic rings. The van der Waals surface area contributed by atoms with E-state index in [0.717, 1.165) is 29.2 Å². The van der Waals surface area contributed by atoms with Gasteiger partial charge in [-0.05, 0) is 24.3 Å². The van der Waals surface area contributed by atoms with E-state index in [2.05, 4.69) is 10.1 Å². The lowest BCUT2D eigenvalue weighted by molar-refractivity contribution is -0.137. The highest BCUT2D eigenvalue weighted by molar-refractivity contribution is 7.13. The van der Waals surface area contributed by atoms with Gasteiger partial charge in [0, 0.05) is 25.2 Å². The molecule has 20 heavy (non-hydrogen) atoms. The van der Waals surface area contributed by atoms with Gasteiger partial charge in [-0.15, -0.1) is 11.3 Å². The van der Waals surface area contributed by atoms with Crippen LogP contribution in [0.15, 0.2) is 28.1 Å². The third-order valence-electron chi connectivity index (χ3n) is 3.36. The van der Waals surface area contributed by atoms with Gasteiger partial charge in [0.2, 0.25) is 0 Å². The van der Waals surface area contributed by atoms with Crippen molar-refractivity contribution in [3.8, 4) is 10.6 Å². The first-order chi connectivity index (χ1) is 9.72. The maximum atomic E-state index is 10.7. The van der Waals surface area contributed by atoms with Crippen LogP contribution in [0.4, 0.5) is 0 Å². The number of nitrogens with zero attached hydrogens (tertiary/aromatic N) is 2. The van der Waals surface area contributed by atoms with Crippen LogP contribution in [-0.4, -0.2) is 33.7 Å². The Bertz CT molecular complexity index is 575. The summed E-state index contributed by atoms with van der Waals surface area (Å²) in [5.41, 5.74) is 0.866. The molecule has 0 bridgehead atoms. The van der Waals surface area contributed by atoms with Crippen LogP contribution in [0, 0.1) is 0 Å². The Hall–Kier alpha value is -1.66. The van der Waals surface area contributed by atoms with Crippen molar-refractivity contribution in [2.75, 3.05) is 6.54 Å². The number of rotatable bonds is 7. The van der Waals surface area contributed by atoms with Crippen molar-refractivity contribution in [3.05, 3.63) is 29.3 Å². The maximum Gasteiger partial charge on any atom is 0.304 e. The fourth-order valence-corrected chi connectivity index (χ4v) is 2.87. The number of aromatic nitrogens is 1. The molecule has 106 valence electrons. The van der Waals surface area contributed by atoms with Gasteiger partial charge in [0.25, 0.3) is 0 Å². The average molecular weight is 292 g/mol. The average Bonchev–Trinajstić information content (AvgIpc) is 2.93. The van der Waals surface area contributed by atoms with Crippen LogP contribution in [-0.2, 0) is 11.3 Å². The van der Waals surface area contributed by atoms with E-state index < -0.39 is 5.97 Å². The molecule has 1 aliphatic carbocycles. The van der Waals surface area contributed by atoms with Gasteiger partial charge in [-0.1, -0.05) is 11.2 Å². The fraction of sp³-hybridized carbons (Fsp3) is 0.429. The van der Waals surface area contributed by atoms with Crippen LogP contribution in [0.5, 0.6) is 0 Å². The molecule has 2 aromatic rings. The van der Waals surface area contributed by atoms with Gasteiger partial charge in [-0.25, -0.2) is 0 Å². The zero-order chi connectivity index (χ0) is 13.9. The summed E-state index contributed by atoms with van der Waals surface area (Å²) in [5, 5.41) is 14.9. The lowest BCUT2D eigenvalue weighted by Crippen LogP contribution is -2.28. The normalized spacial score (nSPS) is 14.8. The quantitative estimate of drug-likeness (QED) is 0.850. The molecule has 1 N–H and O–H groups in total. The molecule has 0 radical (unpaired) electrons. The second-order valence-corrected chi connectivity index (χ2v) is 5.95. The zero-order valence-electron chi connectivity index (χ0n) is 11.0. The third kappa shape index (κ3) is 3.26. The van der Waals surface area contributed by atoms with Crippen LogP contribution in [0.3, 0.4) is 0 Å². The van der Waals surface area contributed by atoms with E-state index in [-0.39, 0.29) is 6.42 Å². The standard InChI is InChI=1S/C14H16N2O3S/c17-14(18)5-6-16(11-3-4-11)9-10-8-12(19-15-10)13-2-1-7-20-13/h1-2,7-8,11H,3-6,9H2,(H,17,18). The maximum absolute atomic E-state index is 10.7. The minimum Gasteiger partial charge on any atom is -0.481 e. The molecule has 2 heterocycles. The fourth-order valence-electron chi connectivity index (χ4n) is 2.20. The van der Waals surface area contributed by atoms with Crippen molar-refractivity contribution >= 4 is 17.3 Å². The van der Waals surface area contributed by atoms with Gasteiger partial charge in [0.05, 0.1) is 17.0 Å². The third-order valence-corrected chi connectivity index (χ3v) is 4.25. The summed E-state index contributed by atoms with van der Waals surface area (Å²) in [6.07, 6.45) is 2.47. The topological polar surface area (TPSA) is 66.6 Å². The lowest BCUT2D eigenvalue weighted by Gasteiger charge is -2.19. The van der Waals surface area contributed by atoms with Crippen molar-refractivity contribution in [2.24, 2.45) is 0 Å². The number of aliphatic carboxylic acids is 1. The lowest BCUT2D eigenvalue weighted by atomic mass is 10.3. The smallest absolute Gasteiger partial charge is 0.304 e. The van der Waals surface area contributed by atoms with E-state index in [1.54, 1.807) is 11.3 Å². The molecule has 1 fully saturated rings. The van der Waals surface area contributed by atoms with Crippen LogP contribution in [0.2, 0.25) is 0 Å². The predicted octanol–water partition coefficient (Wildman–Crippen LogP) is 2.84. The van der Waals surface area contributed by atoms with E-state index in [1.807, 2.05) is 23.6 Å². The summed E-state index contributed by atoms with van der Waals surface area (Å²) >= 11 is 1.62. The highest BCUT2D eigenvalue weighted by atomic mass is 32.1. The van der Waals surface area contributed by atoms with E-state index in [9.17, 15) is 4.79 Å². The van der Waals surface area contributed by atoms with Gasteiger partial charge in [0.15, 0.2) is 5.76 Å². The number of thiophene rings is 1. The van der Waals surface area contributed by atoms with Crippen molar-refractivity contribution in [3.63, 3.8) is 0 Å². The van der Waals surface area contributed by atoms with Crippen molar-refractivity contribution in [1.82, 2.24) is 10.1 Å². The number of carboxylic acid groups (broad SMARTS) is 1. The zero-order valence-corrected chi connectivity index (χ0v) is 11.8. The van der Waals surface area contributed by atoms with Crippen molar-refractivity contribution < 1.29 is 14.4 Å². The molecule has 2 aromatic heterocycles. The Morgan fingerprint density at radius 3 is 3.05 bits per heavy atom. The largest absolute Gasteiger partial charge is 0.481 e. The first-order valence-corrected chi connectivity index (χ1v) is 7.55. The van der Waals surface area contributed by atoms with E-state index >= 15 is 0 Å². The first-order valence-electron chi connectivity index (χ1n) is 6.67. The summed E-state index contributed by atoms with van der Waals surface area (Å²) in [6.45, 7) is 1.23. The van der Waals surface area contributed by atoms with Crippen LogP contribution in [0.1, 0.15) is 25.0 Å². The Labute approximate surface area is 120 Å². The van der Waals surface area contributed by atoms with E-state index in [0.29, 0.717) is 19.1 Å².